The third-order valence-electron chi connectivity index (χ3n) is 2.27. The predicted molar refractivity (Wildman–Crippen MR) is 64.4 cm³/mol. The Balaban J connectivity index is 3.84. The smallest absolute Gasteiger partial charge is 0.00934 e. The van der Waals surface area contributed by atoms with Crippen LogP contribution < -0.4 is 0 Å². The molecular weight excluding hydrogens is 280 g/mol. The lowest BCUT2D eigenvalue weighted by atomic mass is 9.84. The van der Waals surface area contributed by atoms with E-state index in [1.54, 1.807) is 0 Å². The molecule has 1 unspecified atom stereocenters. The van der Waals surface area contributed by atoms with Gasteiger partial charge in [-0.15, -0.1) is 0 Å². The van der Waals surface area contributed by atoms with Crippen LogP contribution in [0, 0.1) is 11.3 Å². The van der Waals surface area contributed by atoms with Crippen molar-refractivity contribution in [2.75, 3.05) is 10.7 Å². The zero-order chi connectivity index (χ0) is 9.61. The van der Waals surface area contributed by atoms with Crippen LogP contribution in [0.3, 0.4) is 0 Å². The molecule has 12 heavy (non-hydrogen) atoms. The Kier molecular flexibility index (Phi) is 6.93. The van der Waals surface area contributed by atoms with Crippen molar-refractivity contribution in [3.05, 3.63) is 0 Å². The van der Waals surface area contributed by atoms with Crippen molar-refractivity contribution in [1.29, 1.82) is 0 Å². The van der Waals surface area contributed by atoms with E-state index in [1.807, 2.05) is 0 Å². The van der Waals surface area contributed by atoms with E-state index in [9.17, 15) is 0 Å². The van der Waals surface area contributed by atoms with Gasteiger partial charge in [0.1, 0.15) is 0 Å². The van der Waals surface area contributed by atoms with Crippen molar-refractivity contribution in [2.24, 2.45) is 11.3 Å². The molecule has 2 heteroatoms. The van der Waals surface area contributed by atoms with Crippen LogP contribution in [0.15, 0.2) is 0 Å². The van der Waals surface area contributed by atoms with Crippen LogP contribution in [-0.4, -0.2) is 10.7 Å². The zero-order valence-electron chi connectivity index (χ0n) is 8.37. The van der Waals surface area contributed by atoms with E-state index in [2.05, 4.69) is 52.6 Å². The molecule has 0 aliphatic heterocycles. The van der Waals surface area contributed by atoms with Crippen LogP contribution in [0.4, 0.5) is 0 Å². The molecule has 0 heterocycles. The van der Waals surface area contributed by atoms with E-state index in [0.717, 1.165) is 16.6 Å². The van der Waals surface area contributed by atoms with Crippen molar-refractivity contribution in [3.63, 3.8) is 0 Å². The highest BCUT2D eigenvalue weighted by atomic mass is 79.9. The SMILES string of the molecule is CCCC(C)CC(C)(CBr)CBr. The lowest BCUT2D eigenvalue weighted by Gasteiger charge is -2.28. The van der Waals surface area contributed by atoms with Crippen LogP contribution >= 0.6 is 31.9 Å². The maximum absolute atomic E-state index is 3.58. The largest absolute Gasteiger partial charge is 0.0922 e. The summed E-state index contributed by atoms with van der Waals surface area (Å²) in [5.74, 6) is 0.857. The summed E-state index contributed by atoms with van der Waals surface area (Å²) in [7, 11) is 0. The molecule has 0 saturated carbocycles. The van der Waals surface area contributed by atoms with Gasteiger partial charge in [0, 0.05) is 10.7 Å². The molecule has 74 valence electrons. The van der Waals surface area contributed by atoms with Gasteiger partial charge in [0.05, 0.1) is 0 Å². The van der Waals surface area contributed by atoms with Crippen LogP contribution in [0.25, 0.3) is 0 Å². The lowest BCUT2D eigenvalue weighted by Crippen LogP contribution is -2.23. The summed E-state index contributed by atoms with van der Waals surface area (Å²) in [5.41, 5.74) is 0.439. The van der Waals surface area contributed by atoms with Gasteiger partial charge in [-0.1, -0.05) is 65.5 Å². The molecule has 0 aliphatic rings. The van der Waals surface area contributed by atoms with Gasteiger partial charge in [-0.3, -0.25) is 0 Å². The summed E-state index contributed by atoms with van der Waals surface area (Å²) < 4.78 is 0. The van der Waals surface area contributed by atoms with Gasteiger partial charge in [-0.05, 0) is 17.8 Å². The molecular formula is C10H20Br2. The van der Waals surface area contributed by atoms with Gasteiger partial charge in [0.15, 0.2) is 0 Å². The fourth-order valence-electron chi connectivity index (χ4n) is 1.58. The van der Waals surface area contributed by atoms with Gasteiger partial charge < -0.3 is 0 Å². The van der Waals surface area contributed by atoms with E-state index >= 15 is 0 Å². The van der Waals surface area contributed by atoms with E-state index in [4.69, 9.17) is 0 Å². The van der Waals surface area contributed by atoms with Crippen LogP contribution in [0.5, 0.6) is 0 Å². The number of halogens is 2. The Labute approximate surface area is 93.8 Å². The van der Waals surface area contributed by atoms with Crippen molar-refractivity contribution in [3.8, 4) is 0 Å². The Morgan fingerprint density at radius 2 is 1.75 bits per heavy atom. The summed E-state index contributed by atoms with van der Waals surface area (Å²) in [5, 5.41) is 2.19. The minimum absolute atomic E-state index is 0.439. The number of hydrogen-bond acceptors (Lipinski definition) is 0. The van der Waals surface area contributed by atoms with Crippen molar-refractivity contribution < 1.29 is 0 Å². The fourth-order valence-corrected chi connectivity index (χ4v) is 2.97. The van der Waals surface area contributed by atoms with Crippen LogP contribution in [0.1, 0.15) is 40.0 Å². The van der Waals surface area contributed by atoms with Gasteiger partial charge in [0.25, 0.3) is 0 Å². The average molecular weight is 300 g/mol. The third-order valence-corrected chi connectivity index (χ3v) is 4.98. The Morgan fingerprint density at radius 3 is 2.08 bits per heavy atom. The Morgan fingerprint density at radius 1 is 1.25 bits per heavy atom. The molecule has 0 fully saturated rings. The summed E-state index contributed by atoms with van der Waals surface area (Å²) in [6, 6.07) is 0. The molecule has 0 aromatic carbocycles. The molecule has 0 aromatic heterocycles. The Hall–Kier alpha value is 0.960. The lowest BCUT2D eigenvalue weighted by molar-refractivity contribution is 0.312. The quantitative estimate of drug-likeness (QED) is 0.628. The molecule has 0 nitrogen and oxygen atoms in total. The van der Waals surface area contributed by atoms with Gasteiger partial charge >= 0.3 is 0 Å². The minimum atomic E-state index is 0.439. The summed E-state index contributed by atoms with van der Waals surface area (Å²) in [6.45, 7) is 6.95. The maximum Gasteiger partial charge on any atom is 0.00934 e. The summed E-state index contributed by atoms with van der Waals surface area (Å²) >= 11 is 7.16. The van der Waals surface area contributed by atoms with E-state index in [0.29, 0.717) is 5.41 Å². The van der Waals surface area contributed by atoms with E-state index in [1.165, 1.54) is 19.3 Å². The molecule has 1 atom stereocenters. The molecule has 0 aliphatic carbocycles. The highest BCUT2D eigenvalue weighted by molar-refractivity contribution is 9.09. The predicted octanol–water partition coefficient (Wildman–Crippen LogP) is 4.61. The molecule has 0 aromatic rings. The fraction of sp³-hybridized carbons (Fsp3) is 1.00. The van der Waals surface area contributed by atoms with Crippen molar-refractivity contribution in [1.82, 2.24) is 0 Å². The topological polar surface area (TPSA) is 0 Å². The van der Waals surface area contributed by atoms with Gasteiger partial charge in [-0.2, -0.15) is 0 Å². The van der Waals surface area contributed by atoms with Gasteiger partial charge in [-0.25, -0.2) is 0 Å². The molecule has 0 bridgehead atoms. The first kappa shape index (κ1) is 13.0. The zero-order valence-corrected chi connectivity index (χ0v) is 11.5. The monoisotopic (exact) mass is 298 g/mol. The second kappa shape index (κ2) is 6.42. The Bertz CT molecular complexity index is 108. The summed E-state index contributed by atoms with van der Waals surface area (Å²) in [4.78, 5) is 0. The number of rotatable bonds is 6. The normalized spacial score (nSPS) is 14.8. The average Bonchev–Trinajstić information content (AvgIpc) is 2.05. The first-order valence-corrected chi connectivity index (χ1v) is 6.94. The molecule has 0 amide bonds. The third kappa shape index (κ3) is 4.86. The number of hydrogen-bond donors (Lipinski definition) is 0. The molecule has 0 rings (SSSR count). The first-order valence-electron chi connectivity index (χ1n) is 4.70. The standard InChI is InChI=1S/C10H20Br2/c1-4-5-9(2)6-10(3,7-11)8-12/h9H,4-8H2,1-3H3. The van der Waals surface area contributed by atoms with Crippen molar-refractivity contribution >= 4 is 31.9 Å². The van der Waals surface area contributed by atoms with E-state index < -0.39 is 0 Å². The van der Waals surface area contributed by atoms with Crippen LogP contribution in [0.2, 0.25) is 0 Å². The van der Waals surface area contributed by atoms with E-state index in [-0.39, 0.29) is 0 Å². The molecule has 0 saturated heterocycles. The van der Waals surface area contributed by atoms with Gasteiger partial charge in [0.2, 0.25) is 0 Å². The maximum atomic E-state index is 3.58. The molecule has 0 N–H and O–H groups in total. The minimum Gasteiger partial charge on any atom is -0.0922 e. The first-order chi connectivity index (χ1) is 5.58. The summed E-state index contributed by atoms with van der Waals surface area (Å²) in [6.07, 6.45) is 3.98. The highest BCUT2D eigenvalue weighted by Gasteiger charge is 2.23. The van der Waals surface area contributed by atoms with Crippen LogP contribution in [-0.2, 0) is 0 Å². The molecule has 0 radical (unpaired) electrons. The molecule has 0 spiro atoms. The second-order valence-corrected chi connectivity index (χ2v) is 5.30. The number of alkyl halides is 2. The van der Waals surface area contributed by atoms with Crippen molar-refractivity contribution in [2.45, 2.75) is 40.0 Å². The highest BCUT2D eigenvalue weighted by Crippen LogP contribution is 2.31. The second-order valence-electron chi connectivity index (χ2n) is 4.18.